The molecule has 0 saturated carbocycles. The summed E-state index contributed by atoms with van der Waals surface area (Å²) in [6.45, 7) is 6.63. The Hall–Kier alpha value is -2.37. The molecule has 3 aliphatic rings. The lowest BCUT2D eigenvalue weighted by molar-refractivity contribution is -0.152. The fraction of sp³-hybridized carbons (Fsp3) is 0.370. The Kier molecular flexibility index (Phi) is 4.81. The van der Waals surface area contributed by atoms with Crippen molar-refractivity contribution < 1.29 is 4.74 Å². The molecule has 0 radical (unpaired) electrons. The summed E-state index contributed by atoms with van der Waals surface area (Å²) >= 11 is 3.67. The van der Waals surface area contributed by atoms with Crippen molar-refractivity contribution in [3.05, 3.63) is 76.3 Å². The van der Waals surface area contributed by atoms with Crippen molar-refractivity contribution in [2.75, 3.05) is 13.1 Å². The Morgan fingerprint density at radius 2 is 1.78 bits per heavy atom. The molecule has 3 aliphatic heterocycles. The van der Waals surface area contributed by atoms with Crippen LogP contribution in [0.4, 0.5) is 0 Å². The molecule has 4 nitrogen and oxygen atoms in total. The molecule has 0 aromatic heterocycles. The van der Waals surface area contributed by atoms with Crippen LogP contribution in [0.5, 0.6) is 5.75 Å². The molecule has 0 unspecified atom stereocenters. The Balaban J connectivity index is 1.41. The number of nitrogens with zero attached hydrogens (tertiary/aromatic N) is 3. The average molecular weight is 490 g/mol. The first-order valence-corrected chi connectivity index (χ1v) is 12.4. The minimum atomic E-state index is -0.366. The molecule has 0 bridgehead atoms. The maximum Gasteiger partial charge on any atom is 0.200 e. The van der Waals surface area contributed by atoms with Crippen LogP contribution in [-0.2, 0) is 0 Å². The predicted molar refractivity (Wildman–Crippen MR) is 133 cm³/mol. The van der Waals surface area contributed by atoms with Gasteiger partial charge in [0, 0.05) is 48.4 Å². The molecule has 32 heavy (non-hydrogen) atoms. The third kappa shape index (κ3) is 3.25. The lowest BCUT2D eigenvalue weighted by Gasteiger charge is -2.51. The van der Waals surface area contributed by atoms with Crippen LogP contribution in [0.2, 0.25) is 0 Å². The first-order valence-electron chi connectivity index (χ1n) is 11.6. The van der Waals surface area contributed by atoms with Gasteiger partial charge in [0.25, 0.3) is 0 Å². The molecule has 0 amide bonds. The molecular weight excluding hydrogens is 462 g/mol. The zero-order chi connectivity index (χ0) is 21.9. The van der Waals surface area contributed by atoms with E-state index in [0.717, 1.165) is 48.3 Å². The number of hydrogen-bond acceptors (Lipinski definition) is 4. The molecule has 5 heteroatoms. The third-order valence-electron chi connectivity index (χ3n) is 7.35. The van der Waals surface area contributed by atoms with E-state index in [1.54, 1.807) is 0 Å². The van der Waals surface area contributed by atoms with Crippen LogP contribution < -0.4 is 4.74 Å². The highest BCUT2D eigenvalue weighted by atomic mass is 79.9. The van der Waals surface area contributed by atoms with E-state index in [0.29, 0.717) is 6.04 Å². The molecule has 1 fully saturated rings. The molecule has 1 atom stereocenters. The van der Waals surface area contributed by atoms with E-state index in [2.05, 4.69) is 100 Å². The second-order valence-corrected chi connectivity index (χ2v) is 10.4. The van der Waals surface area contributed by atoms with Crippen molar-refractivity contribution in [2.45, 2.75) is 50.9 Å². The van der Waals surface area contributed by atoms with E-state index in [1.807, 2.05) is 0 Å². The van der Waals surface area contributed by atoms with E-state index in [-0.39, 0.29) is 11.8 Å². The maximum absolute atomic E-state index is 6.78. The van der Waals surface area contributed by atoms with E-state index in [9.17, 15) is 0 Å². The van der Waals surface area contributed by atoms with Crippen molar-refractivity contribution in [1.29, 1.82) is 0 Å². The Bertz CT molecular complexity index is 1210. The number of benzene rings is 3. The first-order chi connectivity index (χ1) is 15.5. The van der Waals surface area contributed by atoms with E-state index < -0.39 is 0 Å². The molecule has 1 spiro atoms. The number of piperidine rings is 1. The number of fused-ring (bicyclic) bond motifs is 5. The van der Waals surface area contributed by atoms with Gasteiger partial charge in [-0.2, -0.15) is 5.10 Å². The van der Waals surface area contributed by atoms with E-state index >= 15 is 0 Å². The van der Waals surface area contributed by atoms with Gasteiger partial charge >= 0.3 is 0 Å². The van der Waals surface area contributed by atoms with Gasteiger partial charge in [-0.05, 0) is 54.4 Å². The van der Waals surface area contributed by atoms with Crippen LogP contribution >= 0.6 is 15.9 Å². The fourth-order valence-electron chi connectivity index (χ4n) is 5.52. The van der Waals surface area contributed by atoms with Gasteiger partial charge in [0.15, 0.2) is 0 Å². The second-order valence-electron chi connectivity index (χ2n) is 9.53. The topological polar surface area (TPSA) is 28.1 Å². The van der Waals surface area contributed by atoms with Crippen molar-refractivity contribution in [2.24, 2.45) is 5.10 Å². The summed E-state index contributed by atoms with van der Waals surface area (Å²) in [4.78, 5) is 2.55. The normalized spacial score (nSPS) is 22.1. The highest BCUT2D eigenvalue weighted by Gasteiger charge is 2.52. The molecule has 164 valence electrons. The minimum absolute atomic E-state index is 0.211. The SMILES string of the molecule is CC(C)N1CCC2(CC1)Oc1ccc(Br)cc1[C@@H]1CC(c3ccc4ccccc4c3)=NN12. The molecule has 3 aromatic carbocycles. The summed E-state index contributed by atoms with van der Waals surface area (Å²) in [5.41, 5.74) is 3.23. The summed E-state index contributed by atoms with van der Waals surface area (Å²) in [6.07, 6.45) is 2.83. The van der Waals surface area contributed by atoms with Gasteiger partial charge in [0.1, 0.15) is 5.75 Å². The number of likely N-dealkylation sites (tertiary alicyclic amines) is 1. The summed E-state index contributed by atoms with van der Waals surface area (Å²) < 4.78 is 7.87. The van der Waals surface area contributed by atoms with Gasteiger partial charge in [-0.25, -0.2) is 5.01 Å². The Labute approximate surface area is 198 Å². The zero-order valence-electron chi connectivity index (χ0n) is 18.6. The summed E-state index contributed by atoms with van der Waals surface area (Å²) in [6, 6.07) is 22.4. The van der Waals surface area contributed by atoms with Crippen molar-refractivity contribution in [3.63, 3.8) is 0 Å². The van der Waals surface area contributed by atoms with Crippen LogP contribution in [0, 0.1) is 0 Å². The van der Waals surface area contributed by atoms with Crippen molar-refractivity contribution in [1.82, 2.24) is 9.91 Å². The molecule has 1 saturated heterocycles. The number of halogens is 1. The van der Waals surface area contributed by atoms with Gasteiger partial charge in [-0.3, -0.25) is 0 Å². The number of hydrazone groups is 1. The molecule has 0 N–H and O–H groups in total. The number of rotatable bonds is 2. The predicted octanol–water partition coefficient (Wildman–Crippen LogP) is 6.35. The average Bonchev–Trinajstić information content (AvgIpc) is 3.27. The van der Waals surface area contributed by atoms with Crippen LogP contribution in [-0.4, -0.2) is 40.5 Å². The van der Waals surface area contributed by atoms with Crippen molar-refractivity contribution >= 4 is 32.4 Å². The monoisotopic (exact) mass is 489 g/mol. The smallest absolute Gasteiger partial charge is 0.200 e. The van der Waals surface area contributed by atoms with Crippen LogP contribution in [0.3, 0.4) is 0 Å². The minimum Gasteiger partial charge on any atom is -0.466 e. The highest BCUT2D eigenvalue weighted by Crippen LogP contribution is 2.50. The fourth-order valence-corrected chi connectivity index (χ4v) is 5.90. The standard InChI is InChI=1S/C27H28BrN3O/c1-18(2)30-13-11-27(12-14-30)31-25(23-16-22(28)9-10-26(23)32-27)17-24(29-31)21-8-7-19-5-3-4-6-20(19)15-21/h3-10,15-16,18,25H,11-14,17H2,1-2H3/t25-/m0/s1. The number of hydrogen-bond donors (Lipinski definition) is 0. The van der Waals surface area contributed by atoms with Gasteiger partial charge in [-0.15, -0.1) is 0 Å². The van der Waals surface area contributed by atoms with Crippen LogP contribution in [0.15, 0.2) is 70.2 Å². The van der Waals surface area contributed by atoms with Gasteiger partial charge < -0.3 is 9.64 Å². The quantitative estimate of drug-likeness (QED) is 0.419. The first kappa shape index (κ1) is 20.3. The van der Waals surface area contributed by atoms with Gasteiger partial charge in [0.05, 0.1) is 11.8 Å². The maximum atomic E-state index is 6.78. The summed E-state index contributed by atoms with van der Waals surface area (Å²) in [5, 5.41) is 10.1. The number of ether oxygens (including phenoxy) is 1. The van der Waals surface area contributed by atoms with Crippen LogP contribution in [0.25, 0.3) is 10.8 Å². The summed E-state index contributed by atoms with van der Waals surface area (Å²) in [7, 11) is 0. The molecular formula is C27H28BrN3O. The lowest BCUT2D eigenvalue weighted by Crippen LogP contribution is -2.59. The summed E-state index contributed by atoms with van der Waals surface area (Å²) in [5.74, 6) is 1.02. The van der Waals surface area contributed by atoms with E-state index in [4.69, 9.17) is 9.84 Å². The Morgan fingerprint density at radius 1 is 1.00 bits per heavy atom. The lowest BCUT2D eigenvalue weighted by atomic mass is 9.90. The Morgan fingerprint density at radius 3 is 2.56 bits per heavy atom. The van der Waals surface area contributed by atoms with Gasteiger partial charge in [-0.1, -0.05) is 52.3 Å². The van der Waals surface area contributed by atoms with Gasteiger partial charge in [0.2, 0.25) is 5.72 Å². The van der Waals surface area contributed by atoms with E-state index in [1.165, 1.54) is 21.9 Å². The molecule has 3 aromatic rings. The van der Waals surface area contributed by atoms with Crippen molar-refractivity contribution in [3.8, 4) is 5.75 Å². The molecule has 3 heterocycles. The molecule has 6 rings (SSSR count). The van der Waals surface area contributed by atoms with Crippen LogP contribution in [0.1, 0.15) is 50.3 Å². The zero-order valence-corrected chi connectivity index (χ0v) is 20.2. The largest absolute Gasteiger partial charge is 0.466 e. The molecule has 0 aliphatic carbocycles. The highest BCUT2D eigenvalue weighted by molar-refractivity contribution is 9.10. The second kappa shape index (κ2) is 7.60. The third-order valence-corrected chi connectivity index (χ3v) is 7.84.